The first-order chi connectivity index (χ1) is 18.2. The summed E-state index contributed by atoms with van der Waals surface area (Å²) in [5.41, 5.74) is 5.00. The van der Waals surface area contributed by atoms with Gasteiger partial charge in [-0.05, 0) is 72.2 Å². The first-order valence-corrected chi connectivity index (χ1v) is 13.4. The van der Waals surface area contributed by atoms with Crippen LogP contribution in [0.15, 0.2) is 73.0 Å². The number of piperidine rings is 1. The second-order valence-electron chi connectivity index (χ2n) is 10.0. The highest BCUT2D eigenvalue weighted by molar-refractivity contribution is 5.86. The first kappa shape index (κ1) is 23.3. The molecule has 3 heterocycles. The van der Waals surface area contributed by atoms with Gasteiger partial charge in [0, 0.05) is 50.3 Å². The smallest absolute Gasteiger partial charge is 0.229 e. The summed E-state index contributed by atoms with van der Waals surface area (Å²) in [5.74, 6) is 2.59. The lowest BCUT2D eigenvalue weighted by molar-refractivity contribution is 0.573. The van der Waals surface area contributed by atoms with E-state index in [0.717, 1.165) is 55.7 Å². The number of nitrogens with one attached hydrogen (secondary N) is 2. The zero-order valence-corrected chi connectivity index (χ0v) is 21.5. The van der Waals surface area contributed by atoms with Crippen LogP contribution in [0.1, 0.15) is 36.1 Å². The van der Waals surface area contributed by atoms with Crippen LogP contribution in [-0.2, 0) is 12.8 Å². The van der Waals surface area contributed by atoms with Crippen molar-refractivity contribution in [3.8, 4) is 0 Å². The summed E-state index contributed by atoms with van der Waals surface area (Å²) in [4.78, 5) is 18.0. The molecule has 2 N–H and O–H groups in total. The van der Waals surface area contributed by atoms with Crippen molar-refractivity contribution in [1.82, 2.24) is 15.0 Å². The second kappa shape index (κ2) is 10.5. The highest BCUT2D eigenvalue weighted by Gasteiger charge is 2.17. The average Bonchev–Trinajstić information content (AvgIpc) is 3.17. The Balaban J connectivity index is 1.25. The van der Waals surface area contributed by atoms with Crippen molar-refractivity contribution < 1.29 is 0 Å². The van der Waals surface area contributed by atoms with Crippen LogP contribution in [0.4, 0.5) is 23.3 Å². The number of hydrogen-bond acceptors (Lipinski definition) is 5. The molecule has 2 aliphatic rings. The summed E-state index contributed by atoms with van der Waals surface area (Å²) in [7, 11) is 2.10. The highest BCUT2D eigenvalue weighted by Crippen LogP contribution is 2.27. The van der Waals surface area contributed by atoms with Crippen LogP contribution in [0.2, 0.25) is 0 Å². The van der Waals surface area contributed by atoms with Gasteiger partial charge in [-0.25, -0.2) is 0 Å². The Bertz CT molecular complexity index is 1440. The number of aromatic amines is 1. The molecular weight excluding hydrogens is 456 g/mol. The lowest BCUT2D eigenvalue weighted by atomic mass is 10.1. The number of benzene rings is 2. The number of aromatic nitrogens is 3. The normalized spacial score (nSPS) is 15.0. The molecule has 0 radical (unpaired) electrons. The first-order valence-electron chi connectivity index (χ1n) is 13.4. The van der Waals surface area contributed by atoms with Crippen molar-refractivity contribution in [2.24, 2.45) is 0 Å². The Kier molecular flexibility index (Phi) is 6.63. The molecule has 188 valence electrons. The molecule has 2 aromatic heterocycles. The quantitative estimate of drug-likeness (QED) is 0.310. The van der Waals surface area contributed by atoms with Crippen molar-refractivity contribution in [2.75, 3.05) is 41.8 Å². The number of H-pyrrole nitrogens is 1. The van der Waals surface area contributed by atoms with Gasteiger partial charge in [0.1, 0.15) is 11.6 Å². The van der Waals surface area contributed by atoms with E-state index in [9.17, 15) is 0 Å². The predicted molar refractivity (Wildman–Crippen MR) is 155 cm³/mol. The Morgan fingerprint density at radius 3 is 2.73 bits per heavy atom. The van der Waals surface area contributed by atoms with Gasteiger partial charge < -0.3 is 20.1 Å². The van der Waals surface area contributed by atoms with E-state index in [0.29, 0.717) is 0 Å². The van der Waals surface area contributed by atoms with Gasteiger partial charge in [0.05, 0.1) is 0 Å². The van der Waals surface area contributed by atoms with Crippen molar-refractivity contribution in [2.45, 2.75) is 32.1 Å². The Morgan fingerprint density at radius 1 is 0.973 bits per heavy atom. The molecule has 0 bridgehead atoms. The van der Waals surface area contributed by atoms with E-state index in [-0.39, 0.29) is 0 Å². The molecule has 2 aromatic carbocycles. The zero-order chi connectivity index (χ0) is 25.0. The predicted octanol–water partition coefficient (Wildman–Crippen LogP) is 6.50. The lowest BCUT2D eigenvalue weighted by Gasteiger charge is -2.29. The van der Waals surface area contributed by atoms with Crippen LogP contribution in [0.25, 0.3) is 16.8 Å². The molecule has 0 atom stereocenters. The average molecular weight is 491 g/mol. The molecule has 1 fully saturated rings. The van der Waals surface area contributed by atoms with Crippen molar-refractivity contribution in [3.05, 3.63) is 89.8 Å². The Labute approximate surface area is 218 Å². The van der Waals surface area contributed by atoms with Crippen LogP contribution >= 0.6 is 0 Å². The number of allylic oxidation sites excluding steroid dienone is 3. The third-order valence-corrected chi connectivity index (χ3v) is 7.41. The van der Waals surface area contributed by atoms with E-state index >= 15 is 0 Å². The summed E-state index contributed by atoms with van der Waals surface area (Å²) in [6, 6.07) is 17.0. The maximum Gasteiger partial charge on any atom is 0.229 e. The van der Waals surface area contributed by atoms with Crippen LogP contribution in [0.5, 0.6) is 0 Å². The van der Waals surface area contributed by atoms with Crippen LogP contribution in [0, 0.1) is 0 Å². The lowest BCUT2D eigenvalue weighted by Crippen LogP contribution is -2.31. The van der Waals surface area contributed by atoms with Gasteiger partial charge in [0.2, 0.25) is 5.95 Å². The summed E-state index contributed by atoms with van der Waals surface area (Å²) in [6.45, 7) is 2.94. The molecule has 6 heteroatoms. The molecular formula is C31H34N6. The number of anilines is 4. The summed E-state index contributed by atoms with van der Waals surface area (Å²) in [6.07, 6.45) is 16.4. The summed E-state index contributed by atoms with van der Waals surface area (Å²) < 4.78 is 0. The van der Waals surface area contributed by atoms with Gasteiger partial charge in [-0.2, -0.15) is 9.97 Å². The molecule has 6 rings (SSSR count). The molecule has 1 aliphatic heterocycles. The largest absolute Gasteiger partial charge is 0.361 e. The van der Waals surface area contributed by atoms with Gasteiger partial charge in [-0.3, -0.25) is 0 Å². The molecule has 37 heavy (non-hydrogen) atoms. The third kappa shape index (κ3) is 5.24. The standard InChI is InChI=1S/C31H34N6/c1-36(19-16-25-22-32-28-13-5-2-4-12-27(25)28)31-34-29(21-30(35-31)37-17-8-3-9-18-37)33-26-15-14-23-10-6-7-11-24(23)20-26/h2,4-7,10-11,13-15,20-22,32H,3,8-9,12,16-19H2,1H3,(H,33,34,35). The minimum absolute atomic E-state index is 0.757. The molecule has 0 unspecified atom stereocenters. The molecule has 0 amide bonds. The fourth-order valence-electron chi connectivity index (χ4n) is 5.29. The molecule has 6 nitrogen and oxygen atoms in total. The zero-order valence-electron chi connectivity index (χ0n) is 21.5. The number of rotatable bonds is 7. The SMILES string of the molecule is CN(CCc1c[nH]c2c1CC=CC=C2)c1nc(Nc2ccc3ccccc3c2)cc(N2CCCCC2)n1. The molecule has 0 spiro atoms. The number of likely N-dealkylation sites (N-methyl/N-ethyl adjacent to an activating group) is 1. The van der Waals surface area contributed by atoms with E-state index in [1.807, 2.05) is 0 Å². The maximum atomic E-state index is 5.02. The topological polar surface area (TPSA) is 60.1 Å². The summed E-state index contributed by atoms with van der Waals surface area (Å²) in [5, 5.41) is 6.01. The fourth-order valence-corrected chi connectivity index (χ4v) is 5.29. The van der Waals surface area contributed by atoms with E-state index in [1.54, 1.807) is 0 Å². The van der Waals surface area contributed by atoms with Crippen molar-refractivity contribution in [3.63, 3.8) is 0 Å². The third-order valence-electron chi connectivity index (χ3n) is 7.41. The monoisotopic (exact) mass is 490 g/mol. The Morgan fingerprint density at radius 2 is 1.84 bits per heavy atom. The van der Waals surface area contributed by atoms with E-state index in [4.69, 9.17) is 9.97 Å². The molecule has 4 aromatic rings. The number of nitrogens with zero attached hydrogens (tertiary/aromatic N) is 4. The van der Waals surface area contributed by atoms with Gasteiger partial charge in [0.25, 0.3) is 0 Å². The van der Waals surface area contributed by atoms with Crippen LogP contribution < -0.4 is 15.1 Å². The van der Waals surface area contributed by atoms with Crippen molar-refractivity contribution >= 4 is 40.1 Å². The molecule has 1 aliphatic carbocycles. The number of hydrogen-bond donors (Lipinski definition) is 2. The molecule has 0 saturated carbocycles. The van der Waals surface area contributed by atoms with Crippen molar-refractivity contribution in [1.29, 1.82) is 0 Å². The fraction of sp³-hybridized carbons (Fsp3) is 0.290. The van der Waals surface area contributed by atoms with Gasteiger partial charge in [-0.15, -0.1) is 0 Å². The molecule has 1 saturated heterocycles. The minimum atomic E-state index is 0.757. The van der Waals surface area contributed by atoms with E-state index < -0.39 is 0 Å². The minimum Gasteiger partial charge on any atom is -0.361 e. The van der Waals surface area contributed by atoms with Gasteiger partial charge >= 0.3 is 0 Å². The highest BCUT2D eigenvalue weighted by atomic mass is 15.3. The van der Waals surface area contributed by atoms with Crippen LogP contribution in [0.3, 0.4) is 0 Å². The second-order valence-corrected chi connectivity index (χ2v) is 10.0. The maximum absolute atomic E-state index is 5.02. The van der Waals surface area contributed by atoms with E-state index in [1.165, 1.54) is 46.9 Å². The summed E-state index contributed by atoms with van der Waals surface area (Å²) >= 11 is 0. The van der Waals surface area contributed by atoms with Gasteiger partial charge in [0.15, 0.2) is 0 Å². The number of fused-ring (bicyclic) bond motifs is 2. The van der Waals surface area contributed by atoms with E-state index in [2.05, 4.69) is 106 Å². The Hall–Kier alpha value is -4.06. The van der Waals surface area contributed by atoms with Gasteiger partial charge in [-0.1, -0.05) is 48.6 Å². The van der Waals surface area contributed by atoms with Crippen LogP contribution in [-0.4, -0.2) is 41.6 Å².